The molecule has 0 radical (unpaired) electrons. The van der Waals surface area contributed by atoms with Gasteiger partial charge < -0.3 is 10.6 Å². The normalized spacial score (nSPS) is 11.0. The molecule has 28 heavy (non-hydrogen) atoms. The molecule has 0 aliphatic carbocycles. The minimum atomic E-state index is -0.0873. The first-order valence-electron chi connectivity index (χ1n) is 9.05. The molecule has 148 valence electrons. The van der Waals surface area contributed by atoms with E-state index < -0.39 is 0 Å². The highest BCUT2D eigenvalue weighted by atomic mass is 32.2. The van der Waals surface area contributed by atoms with Crippen LogP contribution in [0.5, 0.6) is 0 Å². The van der Waals surface area contributed by atoms with Crippen molar-refractivity contribution in [1.29, 1.82) is 0 Å². The van der Waals surface area contributed by atoms with Crippen LogP contribution in [0.1, 0.15) is 25.2 Å². The van der Waals surface area contributed by atoms with E-state index in [0.717, 1.165) is 38.8 Å². The van der Waals surface area contributed by atoms with Crippen molar-refractivity contribution in [3.05, 3.63) is 41.7 Å². The van der Waals surface area contributed by atoms with Crippen molar-refractivity contribution in [2.75, 3.05) is 22.9 Å². The van der Waals surface area contributed by atoms with Crippen molar-refractivity contribution in [3.8, 4) is 5.69 Å². The summed E-state index contributed by atoms with van der Waals surface area (Å²) in [6, 6.07) is 9.87. The molecule has 2 N–H and O–H groups in total. The van der Waals surface area contributed by atoms with Gasteiger partial charge in [-0.15, -0.1) is 10.2 Å². The van der Waals surface area contributed by atoms with Crippen LogP contribution in [0.25, 0.3) is 5.69 Å². The average molecular weight is 417 g/mol. The van der Waals surface area contributed by atoms with Gasteiger partial charge in [-0.2, -0.15) is 5.10 Å². The zero-order valence-electron chi connectivity index (χ0n) is 16.4. The molecule has 0 fully saturated rings. The molecule has 0 unspecified atom stereocenters. The molecule has 3 rings (SSSR count). The number of aromatic nitrogens is 4. The summed E-state index contributed by atoms with van der Waals surface area (Å²) in [4.78, 5) is 12.4. The van der Waals surface area contributed by atoms with Crippen LogP contribution in [0.2, 0.25) is 0 Å². The molecule has 2 aromatic heterocycles. The van der Waals surface area contributed by atoms with Crippen LogP contribution in [-0.2, 0) is 4.79 Å². The lowest BCUT2D eigenvalue weighted by Crippen LogP contribution is -2.15. The van der Waals surface area contributed by atoms with Crippen molar-refractivity contribution in [3.63, 3.8) is 0 Å². The van der Waals surface area contributed by atoms with Gasteiger partial charge in [-0.1, -0.05) is 55.1 Å². The lowest BCUT2D eigenvalue weighted by Gasteiger charge is -2.06. The van der Waals surface area contributed by atoms with Crippen molar-refractivity contribution in [2.24, 2.45) is 5.92 Å². The van der Waals surface area contributed by atoms with Gasteiger partial charge in [-0.3, -0.25) is 4.79 Å². The molecule has 0 saturated carbocycles. The molecule has 7 nitrogen and oxygen atoms in total. The number of para-hydroxylation sites is 1. The summed E-state index contributed by atoms with van der Waals surface area (Å²) in [5.41, 5.74) is 3.41. The molecule has 1 aromatic carbocycles. The van der Waals surface area contributed by atoms with Gasteiger partial charge in [-0.05, 0) is 31.9 Å². The first kappa shape index (κ1) is 20.3. The Morgan fingerprint density at radius 1 is 1.21 bits per heavy atom. The van der Waals surface area contributed by atoms with E-state index in [1.807, 2.05) is 48.9 Å². The van der Waals surface area contributed by atoms with E-state index in [1.54, 1.807) is 0 Å². The number of hydrogen-bond acceptors (Lipinski definition) is 7. The number of nitrogens with zero attached hydrogens (tertiary/aromatic N) is 4. The molecule has 0 spiro atoms. The smallest absolute Gasteiger partial charge is 0.234 e. The Hall–Kier alpha value is -2.39. The van der Waals surface area contributed by atoms with Gasteiger partial charge in [0.25, 0.3) is 0 Å². The quantitative estimate of drug-likeness (QED) is 0.537. The lowest BCUT2D eigenvalue weighted by molar-refractivity contribution is -0.113. The fourth-order valence-corrected chi connectivity index (χ4v) is 4.14. The summed E-state index contributed by atoms with van der Waals surface area (Å²) in [6.07, 6.45) is 0. The molecule has 0 saturated heterocycles. The highest BCUT2D eigenvalue weighted by Gasteiger charge is 2.16. The third-order valence-electron chi connectivity index (χ3n) is 3.95. The van der Waals surface area contributed by atoms with Crippen LogP contribution in [-0.4, -0.2) is 38.2 Å². The largest absolute Gasteiger partial charge is 0.360 e. The molecule has 0 aliphatic heterocycles. The highest BCUT2D eigenvalue weighted by Crippen LogP contribution is 2.27. The topological polar surface area (TPSA) is 84.7 Å². The Labute approximate surface area is 173 Å². The standard InChI is InChI=1S/C19H24N6OS2/c1-12(2)10-20-18-22-23-19(28-18)27-11-16(26)21-17-13(3)24-25(14(17)4)15-8-6-5-7-9-15/h5-9,12H,10-11H2,1-4H3,(H,20,22)(H,21,26). The van der Waals surface area contributed by atoms with Gasteiger partial charge in [0.2, 0.25) is 11.0 Å². The second-order valence-corrected chi connectivity index (χ2v) is 8.98. The first-order valence-corrected chi connectivity index (χ1v) is 10.9. The number of aryl methyl sites for hydroxylation is 1. The zero-order chi connectivity index (χ0) is 20.1. The number of rotatable bonds is 8. The monoisotopic (exact) mass is 416 g/mol. The number of thioether (sulfide) groups is 1. The molecule has 3 aromatic rings. The Bertz CT molecular complexity index is 935. The Morgan fingerprint density at radius 3 is 2.68 bits per heavy atom. The van der Waals surface area contributed by atoms with Gasteiger partial charge in [0.15, 0.2) is 4.34 Å². The van der Waals surface area contributed by atoms with Crippen LogP contribution in [0.15, 0.2) is 34.7 Å². The SMILES string of the molecule is Cc1nn(-c2ccccc2)c(C)c1NC(=O)CSc1nnc(NCC(C)C)s1. The van der Waals surface area contributed by atoms with Crippen LogP contribution < -0.4 is 10.6 Å². The second kappa shape index (κ2) is 9.20. The summed E-state index contributed by atoms with van der Waals surface area (Å²) in [6.45, 7) is 8.97. The molecule has 0 atom stereocenters. The third kappa shape index (κ3) is 5.11. The minimum Gasteiger partial charge on any atom is -0.360 e. The van der Waals surface area contributed by atoms with E-state index in [0.29, 0.717) is 5.92 Å². The van der Waals surface area contributed by atoms with E-state index in [9.17, 15) is 4.79 Å². The average Bonchev–Trinajstić information content (AvgIpc) is 3.25. The second-order valence-electron chi connectivity index (χ2n) is 6.78. The maximum Gasteiger partial charge on any atom is 0.234 e. The predicted octanol–water partition coefficient (Wildman–Crippen LogP) is 4.14. The number of carbonyl (C=O) groups excluding carboxylic acids is 1. The molecule has 2 heterocycles. The fraction of sp³-hybridized carbons (Fsp3) is 0.368. The third-order valence-corrected chi connectivity index (χ3v) is 5.97. The van der Waals surface area contributed by atoms with E-state index in [4.69, 9.17) is 0 Å². The number of anilines is 2. The first-order chi connectivity index (χ1) is 13.4. The Kier molecular flexibility index (Phi) is 6.69. The van der Waals surface area contributed by atoms with Gasteiger partial charge in [0.05, 0.1) is 28.5 Å². The molecule has 1 amide bonds. The van der Waals surface area contributed by atoms with E-state index in [2.05, 4.69) is 39.8 Å². The summed E-state index contributed by atoms with van der Waals surface area (Å²) >= 11 is 2.85. The molecule has 0 aliphatic rings. The van der Waals surface area contributed by atoms with Crippen LogP contribution in [0.4, 0.5) is 10.8 Å². The molecular formula is C19H24N6OS2. The van der Waals surface area contributed by atoms with Gasteiger partial charge >= 0.3 is 0 Å². The number of amides is 1. The van der Waals surface area contributed by atoms with Gasteiger partial charge in [-0.25, -0.2) is 4.68 Å². The van der Waals surface area contributed by atoms with Crippen LogP contribution >= 0.6 is 23.1 Å². The fourth-order valence-electron chi connectivity index (χ4n) is 2.58. The van der Waals surface area contributed by atoms with Crippen LogP contribution in [0, 0.1) is 19.8 Å². The van der Waals surface area contributed by atoms with Crippen molar-refractivity contribution in [2.45, 2.75) is 32.0 Å². The Balaban J connectivity index is 1.59. The van der Waals surface area contributed by atoms with Crippen molar-refractivity contribution >= 4 is 39.8 Å². The number of hydrogen-bond donors (Lipinski definition) is 2. The predicted molar refractivity (Wildman–Crippen MR) is 116 cm³/mol. The molecule has 9 heteroatoms. The van der Waals surface area contributed by atoms with E-state index >= 15 is 0 Å². The summed E-state index contributed by atoms with van der Waals surface area (Å²) in [5, 5.41) is 19.8. The number of nitrogens with one attached hydrogen (secondary N) is 2. The van der Waals surface area contributed by atoms with Crippen molar-refractivity contribution in [1.82, 2.24) is 20.0 Å². The lowest BCUT2D eigenvalue weighted by atomic mass is 10.2. The maximum atomic E-state index is 12.4. The highest BCUT2D eigenvalue weighted by molar-refractivity contribution is 8.01. The summed E-state index contributed by atoms with van der Waals surface area (Å²) in [7, 11) is 0. The summed E-state index contributed by atoms with van der Waals surface area (Å²) < 4.78 is 2.62. The number of benzene rings is 1. The minimum absolute atomic E-state index is 0.0873. The van der Waals surface area contributed by atoms with Crippen LogP contribution in [0.3, 0.4) is 0 Å². The molecule has 0 bridgehead atoms. The summed E-state index contributed by atoms with van der Waals surface area (Å²) in [5.74, 6) is 0.721. The Morgan fingerprint density at radius 2 is 1.96 bits per heavy atom. The van der Waals surface area contributed by atoms with E-state index in [1.165, 1.54) is 23.1 Å². The maximum absolute atomic E-state index is 12.4. The van der Waals surface area contributed by atoms with E-state index in [-0.39, 0.29) is 11.7 Å². The number of carbonyl (C=O) groups is 1. The van der Waals surface area contributed by atoms with Crippen molar-refractivity contribution < 1.29 is 4.79 Å². The zero-order valence-corrected chi connectivity index (χ0v) is 18.0. The molecular weight excluding hydrogens is 392 g/mol. The van der Waals surface area contributed by atoms with Gasteiger partial charge in [0.1, 0.15) is 0 Å². The van der Waals surface area contributed by atoms with Gasteiger partial charge in [0, 0.05) is 6.54 Å².